The van der Waals surface area contributed by atoms with Crippen LogP contribution >= 0.6 is 0 Å². The molecule has 1 nitrogen and oxygen atoms in total. The van der Waals surface area contributed by atoms with Crippen molar-refractivity contribution in [1.82, 2.24) is 0 Å². The van der Waals surface area contributed by atoms with Gasteiger partial charge < -0.3 is 5.73 Å². The standard InChI is InChI=1S/C19H23N/c1-3-13(2)14-8-10-15(11-9-14)19(20)18-12-16-6-4-5-7-17(16)18/h4-11,13,18-19H,3,12,20H2,1-2H3. The second-order valence-electron chi connectivity index (χ2n) is 6.01. The molecule has 1 aliphatic rings. The Labute approximate surface area is 121 Å². The molecule has 1 aliphatic carbocycles. The molecule has 0 heterocycles. The van der Waals surface area contributed by atoms with Crippen LogP contribution in [0.25, 0.3) is 0 Å². The molecule has 0 bridgehead atoms. The summed E-state index contributed by atoms with van der Waals surface area (Å²) in [5, 5.41) is 0. The molecule has 3 unspecified atom stereocenters. The first-order valence-electron chi connectivity index (χ1n) is 7.64. The van der Waals surface area contributed by atoms with Crippen molar-refractivity contribution in [2.75, 3.05) is 0 Å². The molecule has 2 aromatic carbocycles. The third-order valence-corrected chi connectivity index (χ3v) is 4.83. The molecule has 0 radical (unpaired) electrons. The average Bonchev–Trinajstić information content (AvgIpc) is 2.47. The van der Waals surface area contributed by atoms with Gasteiger partial charge in [0.05, 0.1) is 0 Å². The fourth-order valence-electron chi connectivity index (χ4n) is 3.13. The van der Waals surface area contributed by atoms with Crippen molar-refractivity contribution < 1.29 is 0 Å². The summed E-state index contributed by atoms with van der Waals surface area (Å²) in [7, 11) is 0. The summed E-state index contributed by atoms with van der Waals surface area (Å²) in [5.74, 6) is 1.12. The van der Waals surface area contributed by atoms with E-state index in [2.05, 4.69) is 62.4 Å². The predicted molar refractivity (Wildman–Crippen MR) is 85.0 cm³/mol. The van der Waals surface area contributed by atoms with Crippen LogP contribution in [0.1, 0.15) is 60.4 Å². The van der Waals surface area contributed by atoms with Gasteiger partial charge in [-0.25, -0.2) is 0 Å². The zero-order chi connectivity index (χ0) is 14.1. The van der Waals surface area contributed by atoms with Crippen LogP contribution in [-0.4, -0.2) is 0 Å². The molecule has 20 heavy (non-hydrogen) atoms. The molecule has 2 N–H and O–H groups in total. The van der Waals surface area contributed by atoms with Crippen LogP contribution in [0.5, 0.6) is 0 Å². The van der Waals surface area contributed by atoms with Gasteiger partial charge in [-0.05, 0) is 41.0 Å². The van der Waals surface area contributed by atoms with Crippen molar-refractivity contribution in [2.45, 2.75) is 44.6 Å². The molecule has 1 heteroatoms. The molecule has 104 valence electrons. The summed E-state index contributed by atoms with van der Waals surface area (Å²) >= 11 is 0. The van der Waals surface area contributed by atoms with Gasteiger partial charge in [-0.1, -0.05) is 62.4 Å². The minimum absolute atomic E-state index is 0.121. The average molecular weight is 265 g/mol. The maximum absolute atomic E-state index is 6.47. The van der Waals surface area contributed by atoms with Crippen molar-refractivity contribution in [3.63, 3.8) is 0 Å². The van der Waals surface area contributed by atoms with Gasteiger partial charge in [0, 0.05) is 12.0 Å². The zero-order valence-corrected chi connectivity index (χ0v) is 12.3. The molecule has 3 atom stereocenters. The van der Waals surface area contributed by atoms with Gasteiger partial charge in [0.15, 0.2) is 0 Å². The molecule has 0 saturated carbocycles. The third-order valence-electron chi connectivity index (χ3n) is 4.83. The van der Waals surface area contributed by atoms with Crippen LogP contribution in [-0.2, 0) is 6.42 Å². The van der Waals surface area contributed by atoms with E-state index in [1.165, 1.54) is 28.7 Å². The summed E-state index contributed by atoms with van der Waals surface area (Å²) in [5.41, 5.74) is 12.0. The van der Waals surface area contributed by atoms with Crippen molar-refractivity contribution in [1.29, 1.82) is 0 Å². The second kappa shape index (κ2) is 5.41. The van der Waals surface area contributed by atoms with E-state index in [1.807, 2.05) is 0 Å². The van der Waals surface area contributed by atoms with Gasteiger partial charge in [-0.15, -0.1) is 0 Å². The first-order valence-corrected chi connectivity index (χ1v) is 7.64. The number of benzene rings is 2. The van der Waals surface area contributed by atoms with E-state index in [-0.39, 0.29) is 6.04 Å². The van der Waals surface area contributed by atoms with Gasteiger partial charge in [0.25, 0.3) is 0 Å². The quantitative estimate of drug-likeness (QED) is 0.863. The Balaban J connectivity index is 1.77. The molecule has 3 rings (SSSR count). The number of rotatable bonds is 4. The van der Waals surface area contributed by atoms with Gasteiger partial charge in [-0.3, -0.25) is 0 Å². The molecule has 2 aromatic rings. The van der Waals surface area contributed by atoms with Crippen LogP contribution in [0, 0.1) is 0 Å². The fraction of sp³-hybridized carbons (Fsp3) is 0.368. The summed E-state index contributed by atoms with van der Waals surface area (Å²) in [6, 6.07) is 17.7. The molecule has 0 saturated heterocycles. The molecular formula is C19H23N. The smallest absolute Gasteiger partial charge is 0.0367 e. The molecule has 0 aliphatic heterocycles. The first-order chi connectivity index (χ1) is 9.70. The largest absolute Gasteiger partial charge is 0.323 e. The van der Waals surface area contributed by atoms with Crippen molar-refractivity contribution in [3.8, 4) is 0 Å². The highest BCUT2D eigenvalue weighted by atomic mass is 14.7. The van der Waals surface area contributed by atoms with E-state index in [0.29, 0.717) is 11.8 Å². The Morgan fingerprint density at radius 3 is 2.35 bits per heavy atom. The van der Waals surface area contributed by atoms with E-state index >= 15 is 0 Å². The normalized spacial score (nSPS) is 19.9. The minimum Gasteiger partial charge on any atom is -0.323 e. The van der Waals surface area contributed by atoms with Gasteiger partial charge >= 0.3 is 0 Å². The van der Waals surface area contributed by atoms with E-state index in [9.17, 15) is 0 Å². The Bertz CT molecular complexity index is 585. The Morgan fingerprint density at radius 2 is 1.70 bits per heavy atom. The highest BCUT2D eigenvalue weighted by molar-refractivity contribution is 5.43. The van der Waals surface area contributed by atoms with E-state index in [4.69, 9.17) is 5.73 Å². The molecule has 0 spiro atoms. The number of hydrogen-bond acceptors (Lipinski definition) is 1. The van der Waals surface area contributed by atoms with E-state index in [1.54, 1.807) is 0 Å². The van der Waals surface area contributed by atoms with Crippen LogP contribution in [0.2, 0.25) is 0 Å². The third kappa shape index (κ3) is 2.27. The number of nitrogens with two attached hydrogens (primary N) is 1. The molecule has 0 aromatic heterocycles. The van der Waals surface area contributed by atoms with Crippen molar-refractivity contribution >= 4 is 0 Å². The molecular weight excluding hydrogens is 242 g/mol. The first kappa shape index (κ1) is 13.4. The summed E-state index contributed by atoms with van der Waals surface area (Å²) in [4.78, 5) is 0. The Kier molecular flexibility index (Phi) is 3.62. The molecule has 0 amide bonds. The number of fused-ring (bicyclic) bond motifs is 1. The van der Waals surface area contributed by atoms with Crippen LogP contribution in [0.3, 0.4) is 0 Å². The minimum atomic E-state index is 0.121. The van der Waals surface area contributed by atoms with E-state index < -0.39 is 0 Å². The lowest BCUT2D eigenvalue weighted by molar-refractivity contribution is 0.500. The Hall–Kier alpha value is -1.60. The van der Waals surface area contributed by atoms with Gasteiger partial charge in [-0.2, -0.15) is 0 Å². The molecule has 0 fully saturated rings. The summed E-state index contributed by atoms with van der Waals surface area (Å²) in [6.45, 7) is 4.51. The van der Waals surface area contributed by atoms with Crippen LogP contribution in [0.4, 0.5) is 0 Å². The van der Waals surface area contributed by atoms with Crippen molar-refractivity contribution in [2.24, 2.45) is 5.73 Å². The highest BCUT2D eigenvalue weighted by Crippen LogP contribution is 2.42. The maximum Gasteiger partial charge on any atom is 0.0367 e. The van der Waals surface area contributed by atoms with E-state index in [0.717, 1.165) is 6.42 Å². The lowest BCUT2D eigenvalue weighted by Gasteiger charge is -2.35. The Morgan fingerprint density at radius 1 is 1.05 bits per heavy atom. The van der Waals surface area contributed by atoms with Crippen LogP contribution < -0.4 is 5.73 Å². The number of hydrogen-bond donors (Lipinski definition) is 1. The summed E-state index contributed by atoms with van der Waals surface area (Å²) in [6.07, 6.45) is 2.30. The second-order valence-corrected chi connectivity index (χ2v) is 6.01. The fourth-order valence-corrected chi connectivity index (χ4v) is 3.13. The van der Waals surface area contributed by atoms with Gasteiger partial charge in [0.2, 0.25) is 0 Å². The van der Waals surface area contributed by atoms with Crippen LogP contribution in [0.15, 0.2) is 48.5 Å². The maximum atomic E-state index is 6.47. The SMILES string of the molecule is CCC(C)c1ccc(C(N)C2Cc3ccccc32)cc1. The lowest BCUT2D eigenvalue weighted by atomic mass is 9.72. The topological polar surface area (TPSA) is 26.0 Å². The highest BCUT2D eigenvalue weighted by Gasteiger charge is 2.31. The van der Waals surface area contributed by atoms with Gasteiger partial charge in [0.1, 0.15) is 0 Å². The monoisotopic (exact) mass is 265 g/mol. The lowest BCUT2D eigenvalue weighted by Crippen LogP contribution is -2.28. The van der Waals surface area contributed by atoms with Crippen molar-refractivity contribution in [3.05, 3.63) is 70.8 Å². The summed E-state index contributed by atoms with van der Waals surface area (Å²) < 4.78 is 0. The zero-order valence-electron chi connectivity index (χ0n) is 12.3. The predicted octanol–water partition coefficient (Wildman–Crippen LogP) is 4.54.